The van der Waals surface area contributed by atoms with Gasteiger partial charge < -0.3 is 8.74 Å². The predicted octanol–water partition coefficient (Wildman–Crippen LogP) is 1.85. The number of carbonyl (C=O) groups is 1. The molecule has 0 fully saturated rings. The van der Waals surface area contributed by atoms with E-state index in [-0.39, 0.29) is 78.5 Å². The van der Waals surface area contributed by atoms with Crippen molar-refractivity contribution < 1.29 is 81.8 Å². The van der Waals surface area contributed by atoms with Crippen molar-refractivity contribution in [3.8, 4) is 5.75 Å². The summed E-state index contributed by atoms with van der Waals surface area (Å²) in [5, 5.41) is 12.4. The normalized spacial score (nSPS) is 15.8. The van der Waals surface area contributed by atoms with Crippen LogP contribution in [0.2, 0.25) is 10.0 Å². The maximum atomic E-state index is 12.9. The van der Waals surface area contributed by atoms with Crippen LogP contribution >= 0.6 is 23.2 Å². The van der Waals surface area contributed by atoms with Gasteiger partial charge in [0, 0.05) is 0 Å². The summed E-state index contributed by atoms with van der Waals surface area (Å²) in [5.41, 5.74) is 1.43. The molecular weight excluding hydrogens is 618 g/mol. The van der Waals surface area contributed by atoms with E-state index in [4.69, 9.17) is 27.4 Å². The molecule has 3 aromatic rings. The van der Waals surface area contributed by atoms with Crippen LogP contribution in [-0.4, -0.2) is 39.0 Å². The zero-order chi connectivity index (χ0) is 27.8. The number of aryl methyl sites for hydroxylation is 1. The Balaban J connectivity index is 0.00000420. The van der Waals surface area contributed by atoms with Crippen molar-refractivity contribution in [3.63, 3.8) is 0 Å². The van der Waals surface area contributed by atoms with E-state index in [1.807, 2.05) is 6.92 Å². The Kier molecular flexibility index (Phi) is 10.1. The smallest absolute Gasteiger partial charge is 0.744 e. The molecule has 1 heterocycles. The predicted molar refractivity (Wildman–Crippen MR) is 139 cm³/mol. The van der Waals surface area contributed by atoms with Gasteiger partial charge >= 0.3 is 61.5 Å². The van der Waals surface area contributed by atoms with Gasteiger partial charge in [0.15, 0.2) is 6.04 Å². The summed E-state index contributed by atoms with van der Waals surface area (Å²) in [6.45, 7) is 3.36. The Bertz CT molecular complexity index is 1700. The fourth-order valence-corrected chi connectivity index (χ4v) is 5.55. The first kappa shape index (κ1) is 31.8. The second kappa shape index (κ2) is 12.4. The third-order valence-corrected chi connectivity index (χ3v) is 8.10. The van der Waals surface area contributed by atoms with E-state index in [1.54, 1.807) is 12.1 Å². The van der Waals surface area contributed by atoms with Crippen molar-refractivity contribution in [1.29, 1.82) is 0 Å². The number of rotatable bonds is 7. The SMILES string of the molecule is CC1=NN(c2cc(Cl)c(S(=O)(=O)[O-])cc2Cl)C(=O)C1N=Nc1ccc(OS(=O)(=O)c2ccc(C)cc2)cc1.[K+]. The van der Waals surface area contributed by atoms with Crippen molar-refractivity contribution in [2.24, 2.45) is 15.3 Å². The van der Waals surface area contributed by atoms with E-state index in [2.05, 4.69) is 15.3 Å². The molecule has 198 valence electrons. The zero-order valence-electron chi connectivity index (χ0n) is 20.6. The van der Waals surface area contributed by atoms with Crippen LogP contribution in [-0.2, 0) is 25.0 Å². The van der Waals surface area contributed by atoms with Gasteiger partial charge in [-0.05, 0) is 62.4 Å². The molecule has 11 nitrogen and oxygen atoms in total. The first-order chi connectivity index (χ1) is 17.8. The van der Waals surface area contributed by atoms with Gasteiger partial charge in [-0.1, -0.05) is 40.9 Å². The minimum Gasteiger partial charge on any atom is -0.744 e. The fourth-order valence-electron chi connectivity index (χ4n) is 3.31. The van der Waals surface area contributed by atoms with Crippen molar-refractivity contribution in [1.82, 2.24) is 0 Å². The van der Waals surface area contributed by atoms with Crippen LogP contribution in [0.1, 0.15) is 12.5 Å². The third kappa shape index (κ3) is 7.33. The minimum absolute atomic E-state index is 0. The van der Waals surface area contributed by atoms with E-state index < -0.39 is 42.1 Å². The number of carbonyl (C=O) groups excluding carboxylic acids is 1. The molecular formula is C23H17Cl2KN4O7S2. The summed E-state index contributed by atoms with van der Waals surface area (Å²) in [6.07, 6.45) is 0. The van der Waals surface area contributed by atoms with Crippen molar-refractivity contribution in [2.45, 2.75) is 29.7 Å². The average Bonchev–Trinajstić information content (AvgIpc) is 3.12. The molecule has 4 rings (SSSR count). The van der Waals surface area contributed by atoms with Crippen molar-refractivity contribution >= 4 is 66.4 Å². The van der Waals surface area contributed by atoms with Gasteiger partial charge in [-0.2, -0.15) is 28.8 Å². The molecule has 16 heteroatoms. The molecule has 0 radical (unpaired) electrons. The number of halogens is 2. The van der Waals surface area contributed by atoms with Crippen LogP contribution in [0.5, 0.6) is 5.75 Å². The molecule has 0 spiro atoms. The van der Waals surface area contributed by atoms with E-state index >= 15 is 0 Å². The van der Waals surface area contributed by atoms with Gasteiger partial charge in [0.1, 0.15) is 20.8 Å². The zero-order valence-corrected chi connectivity index (χ0v) is 26.8. The average molecular weight is 636 g/mol. The first-order valence-electron chi connectivity index (χ1n) is 10.6. The van der Waals surface area contributed by atoms with Crippen LogP contribution in [0, 0.1) is 6.92 Å². The van der Waals surface area contributed by atoms with Crippen LogP contribution in [0.3, 0.4) is 0 Å². The summed E-state index contributed by atoms with van der Waals surface area (Å²) in [4.78, 5) is 12.2. The fraction of sp³-hybridized carbons (Fsp3) is 0.130. The van der Waals surface area contributed by atoms with Crippen LogP contribution in [0.15, 0.2) is 85.8 Å². The Morgan fingerprint density at radius 3 is 2.15 bits per heavy atom. The molecule has 0 saturated heterocycles. The standard InChI is InChI=1S/C23H18Cl2N4O7S2.K/c1-13-3-9-17(10-4-13)38(34,35)36-16-7-5-15(6-8-16)26-27-22-14(2)28-29(23(22)30)20-11-19(25)21(12-18(20)24)37(31,32)33;/h3-12,22H,1-2H3,(H,31,32,33);/q;+1/p-1. The van der Waals surface area contributed by atoms with E-state index in [1.165, 1.54) is 43.3 Å². The Labute approximate surface area is 277 Å². The number of nitrogens with zero attached hydrogens (tertiary/aromatic N) is 4. The van der Waals surface area contributed by atoms with Gasteiger partial charge in [-0.15, -0.1) is 0 Å². The van der Waals surface area contributed by atoms with E-state index in [0.717, 1.165) is 22.7 Å². The first-order valence-corrected chi connectivity index (χ1v) is 14.2. The quantitative estimate of drug-likeness (QED) is 0.166. The van der Waals surface area contributed by atoms with Gasteiger partial charge in [-0.3, -0.25) is 4.79 Å². The number of hydrogen-bond acceptors (Lipinski definition) is 10. The molecule has 1 aliphatic rings. The topological polar surface area (TPSA) is 158 Å². The number of hydrazone groups is 1. The largest absolute Gasteiger partial charge is 1.00 e. The summed E-state index contributed by atoms with van der Waals surface area (Å²) in [5.74, 6) is -0.591. The summed E-state index contributed by atoms with van der Waals surface area (Å²) < 4.78 is 64.0. The van der Waals surface area contributed by atoms with Gasteiger partial charge in [0.25, 0.3) is 5.91 Å². The Morgan fingerprint density at radius 1 is 0.949 bits per heavy atom. The molecule has 0 bridgehead atoms. The summed E-state index contributed by atoms with van der Waals surface area (Å²) >= 11 is 12.0. The minimum atomic E-state index is -4.88. The number of benzene rings is 3. The monoisotopic (exact) mass is 634 g/mol. The van der Waals surface area contributed by atoms with Crippen LogP contribution in [0.4, 0.5) is 11.4 Å². The molecule has 1 unspecified atom stereocenters. The summed E-state index contributed by atoms with van der Waals surface area (Å²) in [7, 11) is -8.91. The molecule has 0 N–H and O–H groups in total. The van der Waals surface area contributed by atoms with Gasteiger partial charge in [0.2, 0.25) is 0 Å². The number of azo groups is 1. The van der Waals surface area contributed by atoms with Crippen LogP contribution < -0.4 is 60.6 Å². The third-order valence-electron chi connectivity index (χ3n) is 5.24. The number of amides is 1. The Morgan fingerprint density at radius 2 is 1.56 bits per heavy atom. The molecule has 1 amide bonds. The maximum absolute atomic E-state index is 12.9. The van der Waals surface area contributed by atoms with Gasteiger partial charge in [0.05, 0.1) is 32.0 Å². The molecule has 0 aromatic heterocycles. The maximum Gasteiger partial charge on any atom is 1.00 e. The van der Waals surface area contributed by atoms with Crippen LogP contribution in [0.25, 0.3) is 0 Å². The molecule has 1 atom stereocenters. The van der Waals surface area contributed by atoms with E-state index in [0.29, 0.717) is 5.69 Å². The van der Waals surface area contributed by atoms with Crippen molar-refractivity contribution in [2.75, 3.05) is 5.01 Å². The molecule has 39 heavy (non-hydrogen) atoms. The second-order valence-electron chi connectivity index (χ2n) is 8.04. The molecule has 1 aliphatic heterocycles. The van der Waals surface area contributed by atoms with E-state index in [9.17, 15) is 26.2 Å². The molecule has 0 saturated carbocycles. The molecule has 0 aliphatic carbocycles. The summed E-state index contributed by atoms with van der Waals surface area (Å²) in [6, 6.07) is 12.7. The molecule has 3 aromatic carbocycles. The van der Waals surface area contributed by atoms with Gasteiger partial charge in [-0.25, -0.2) is 8.42 Å². The number of anilines is 1. The van der Waals surface area contributed by atoms with Crippen molar-refractivity contribution in [3.05, 3.63) is 76.3 Å². The Hall–Kier alpha value is -1.72. The second-order valence-corrected chi connectivity index (χ2v) is 11.8. The number of hydrogen-bond donors (Lipinski definition) is 0.